The fourth-order valence-electron chi connectivity index (χ4n) is 2.44. The van der Waals surface area contributed by atoms with Crippen molar-refractivity contribution in [2.45, 2.75) is 25.2 Å². The summed E-state index contributed by atoms with van der Waals surface area (Å²) in [5.74, 6) is 0.163. The summed E-state index contributed by atoms with van der Waals surface area (Å²) < 4.78 is 7.77. The molecular weight excluding hydrogens is 326 g/mol. The van der Waals surface area contributed by atoms with Gasteiger partial charge in [0.1, 0.15) is 12.4 Å². The summed E-state index contributed by atoms with van der Waals surface area (Å²) in [7, 11) is 0. The molecule has 0 saturated carbocycles. The third-order valence-electron chi connectivity index (χ3n) is 3.54. The van der Waals surface area contributed by atoms with E-state index in [-0.39, 0.29) is 12.4 Å². The summed E-state index contributed by atoms with van der Waals surface area (Å²) in [6.07, 6.45) is 0. The van der Waals surface area contributed by atoms with E-state index < -0.39 is 5.97 Å². The van der Waals surface area contributed by atoms with Crippen molar-refractivity contribution in [3.63, 3.8) is 0 Å². The normalized spacial score (nSPS) is 10.9. The van der Waals surface area contributed by atoms with Crippen LogP contribution < -0.4 is 9.84 Å². The fourth-order valence-corrected chi connectivity index (χ4v) is 3.17. The molecule has 0 aliphatic heterocycles. The van der Waals surface area contributed by atoms with E-state index >= 15 is 0 Å². The molecule has 6 nitrogen and oxygen atoms in total. The van der Waals surface area contributed by atoms with E-state index in [2.05, 4.69) is 10.2 Å². The lowest BCUT2D eigenvalue weighted by atomic mass is 10.1. The van der Waals surface area contributed by atoms with Crippen molar-refractivity contribution in [2.24, 2.45) is 0 Å². The lowest BCUT2D eigenvalue weighted by molar-refractivity contribution is -0.301. The Balaban J connectivity index is 1.77. The molecule has 1 aromatic heterocycles. The maximum Gasteiger partial charge on any atom is 0.191 e. The van der Waals surface area contributed by atoms with Crippen LogP contribution in [0.3, 0.4) is 0 Å². The highest BCUT2D eigenvalue weighted by molar-refractivity contribution is 7.99. The Bertz CT molecular complexity index is 858. The zero-order valence-electron chi connectivity index (χ0n) is 13.1. The van der Waals surface area contributed by atoms with Crippen LogP contribution in [0.25, 0.3) is 10.8 Å². The molecular formula is C17H16N3O3S-. The van der Waals surface area contributed by atoms with Gasteiger partial charge >= 0.3 is 0 Å². The molecule has 0 atom stereocenters. The average molecular weight is 342 g/mol. The molecule has 0 aliphatic rings. The van der Waals surface area contributed by atoms with Gasteiger partial charge in [0.2, 0.25) is 0 Å². The number of nitrogens with zero attached hydrogens (tertiary/aromatic N) is 3. The quantitative estimate of drug-likeness (QED) is 0.610. The number of rotatable bonds is 7. The van der Waals surface area contributed by atoms with Crippen LogP contribution in [0.5, 0.6) is 5.75 Å². The van der Waals surface area contributed by atoms with E-state index in [9.17, 15) is 9.90 Å². The van der Waals surface area contributed by atoms with Crippen LogP contribution in [-0.4, -0.2) is 26.5 Å². The Morgan fingerprint density at radius 3 is 2.79 bits per heavy atom. The minimum absolute atomic E-state index is 0.150. The van der Waals surface area contributed by atoms with Crippen molar-refractivity contribution in [2.75, 3.05) is 5.75 Å². The number of benzene rings is 2. The van der Waals surface area contributed by atoms with Crippen LogP contribution in [-0.2, 0) is 17.9 Å². The number of fused-ring (bicyclic) bond motifs is 1. The predicted octanol–water partition coefficient (Wildman–Crippen LogP) is 1.87. The van der Waals surface area contributed by atoms with Crippen molar-refractivity contribution in [1.29, 1.82) is 0 Å². The van der Waals surface area contributed by atoms with Crippen molar-refractivity contribution in [3.8, 4) is 5.75 Å². The van der Waals surface area contributed by atoms with Gasteiger partial charge in [0.05, 0.1) is 5.97 Å². The van der Waals surface area contributed by atoms with Gasteiger partial charge in [0, 0.05) is 17.7 Å². The number of hydrogen-bond donors (Lipinski definition) is 0. The van der Waals surface area contributed by atoms with Crippen molar-refractivity contribution < 1.29 is 14.6 Å². The summed E-state index contributed by atoms with van der Waals surface area (Å²) >= 11 is 1.10. The Hall–Kier alpha value is -2.54. The smallest absolute Gasteiger partial charge is 0.191 e. The highest BCUT2D eigenvalue weighted by Gasteiger charge is 2.12. The maximum absolute atomic E-state index is 10.6. The summed E-state index contributed by atoms with van der Waals surface area (Å²) in [5.41, 5.74) is 0. The topological polar surface area (TPSA) is 80.1 Å². The average Bonchev–Trinajstić information content (AvgIpc) is 3.00. The second-order valence-corrected chi connectivity index (χ2v) is 6.01. The van der Waals surface area contributed by atoms with Crippen LogP contribution in [0.2, 0.25) is 0 Å². The first-order valence-corrected chi connectivity index (χ1v) is 8.53. The molecule has 0 N–H and O–H groups in total. The zero-order chi connectivity index (χ0) is 16.9. The molecule has 24 heavy (non-hydrogen) atoms. The van der Waals surface area contributed by atoms with Crippen molar-refractivity contribution in [1.82, 2.24) is 14.8 Å². The lowest BCUT2D eigenvalue weighted by Crippen LogP contribution is -2.24. The summed E-state index contributed by atoms with van der Waals surface area (Å²) in [6, 6.07) is 13.9. The molecule has 0 aliphatic carbocycles. The van der Waals surface area contributed by atoms with Gasteiger partial charge < -0.3 is 19.2 Å². The Labute approximate surface area is 143 Å². The monoisotopic (exact) mass is 342 g/mol. The van der Waals surface area contributed by atoms with E-state index in [4.69, 9.17) is 4.74 Å². The molecule has 0 amide bonds. The molecule has 0 bridgehead atoms. The Morgan fingerprint density at radius 2 is 2.00 bits per heavy atom. The van der Waals surface area contributed by atoms with Crippen LogP contribution in [0.4, 0.5) is 0 Å². The second kappa shape index (κ2) is 7.35. The summed E-state index contributed by atoms with van der Waals surface area (Å²) in [6.45, 7) is 2.85. The Kier molecular flexibility index (Phi) is 5.00. The number of hydrogen-bond acceptors (Lipinski definition) is 6. The van der Waals surface area contributed by atoms with Crippen molar-refractivity contribution >= 4 is 28.5 Å². The number of carbonyl (C=O) groups excluding carboxylic acids is 1. The first kappa shape index (κ1) is 16.3. The van der Waals surface area contributed by atoms with Gasteiger partial charge in [0.25, 0.3) is 0 Å². The molecule has 3 rings (SSSR count). The summed E-state index contributed by atoms with van der Waals surface area (Å²) in [5, 5.41) is 21.5. The predicted molar refractivity (Wildman–Crippen MR) is 89.7 cm³/mol. The van der Waals surface area contributed by atoms with Gasteiger partial charge in [-0.2, -0.15) is 0 Å². The van der Waals surface area contributed by atoms with Crippen LogP contribution in [0.1, 0.15) is 12.7 Å². The Morgan fingerprint density at radius 1 is 1.21 bits per heavy atom. The lowest BCUT2D eigenvalue weighted by Gasteiger charge is -2.10. The van der Waals surface area contributed by atoms with Crippen LogP contribution in [0.15, 0.2) is 47.6 Å². The van der Waals surface area contributed by atoms with Crippen molar-refractivity contribution in [3.05, 3.63) is 48.3 Å². The number of carbonyl (C=O) groups is 1. The molecule has 3 aromatic rings. The standard InChI is InChI=1S/C17H17N3O3S/c1-2-20-15(18-19-17(20)24-11-16(21)22)10-23-14-9-5-7-12-6-3-4-8-13(12)14/h3-9H,2,10-11H2,1H3,(H,21,22)/p-1. The van der Waals surface area contributed by atoms with E-state index in [1.807, 2.05) is 54.0 Å². The molecule has 7 heteroatoms. The molecule has 0 unspecified atom stereocenters. The number of aliphatic carboxylic acids is 1. The fraction of sp³-hybridized carbons (Fsp3) is 0.235. The molecule has 0 fully saturated rings. The van der Waals surface area contributed by atoms with Gasteiger partial charge in [-0.3, -0.25) is 0 Å². The molecule has 0 radical (unpaired) electrons. The largest absolute Gasteiger partial charge is 0.549 e. The van der Waals surface area contributed by atoms with Gasteiger partial charge in [-0.15, -0.1) is 10.2 Å². The number of carboxylic acids is 1. The first-order chi connectivity index (χ1) is 11.7. The first-order valence-electron chi connectivity index (χ1n) is 7.54. The third-order valence-corrected chi connectivity index (χ3v) is 4.48. The van der Waals surface area contributed by atoms with E-state index in [0.29, 0.717) is 17.5 Å². The number of carboxylic acid groups (broad SMARTS) is 1. The molecule has 1 heterocycles. The minimum atomic E-state index is -1.13. The van der Waals surface area contributed by atoms with Crippen LogP contribution >= 0.6 is 11.8 Å². The minimum Gasteiger partial charge on any atom is -0.549 e. The van der Waals surface area contributed by atoms with Gasteiger partial charge in [-0.25, -0.2) is 0 Å². The second-order valence-electron chi connectivity index (χ2n) is 5.07. The van der Waals surface area contributed by atoms with Crippen LogP contribution in [0, 0.1) is 0 Å². The number of ether oxygens (including phenoxy) is 1. The number of aromatic nitrogens is 3. The summed E-state index contributed by atoms with van der Waals surface area (Å²) in [4.78, 5) is 10.6. The maximum atomic E-state index is 10.6. The molecule has 2 aromatic carbocycles. The van der Waals surface area contributed by atoms with E-state index in [0.717, 1.165) is 28.3 Å². The number of thioether (sulfide) groups is 1. The SMILES string of the molecule is CCn1c(COc2cccc3ccccc23)nnc1SCC(=O)[O-]. The van der Waals surface area contributed by atoms with Gasteiger partial charge in [-0.05, 0) is 18.4 Å². The molecule has 0 spiro atoms. The zero-order valence-corrected chi connectivity index (χ0v) is 14.0. The van der Waals surface area contributed by atoms with Gasteiger partial charge in [-0.1, -0.05) is 48.2 Å². The highest BCUT2D eigenvalue weighted by Crippen LogP contribution is 2.26. The van der Waals surface area contributed by atoms with E-state index in [1.165, 1.54) is 0 Å². The highest BCUT2D eigenvalue weighted by atomic mass is 32.2. The molecule has 0 saturated heterocycles. The van der Waals surface area contributed by atoms with E-state index in [1.54, 1.807) is 0 Å². The molecule has 124 valence electrons. The van der Waals surface area contributed by atoms with Gasteiger partial charge in [0.15, 0.2) is 11.0 Å². The third kappa shape index (κ3) is 3.51.